The zero-order valence-electron chi connectivity index (χ0n) is 17.6. The summed E-state index contributed by atoms with van der Waals surface area (Å²) in [6, 6.07) is 0. The van der Waals surface area contributed by atoms with Gasteiger partial charge in [-0.3, -0.25) is 0 Å². The van der Waals surface area contributed by atoms with Crippen molar-refractivity contribution in [2.24, 2.45) is 0 Å². The van der Waals surface area contributed by atoms with Gasteiger partial charge in [-0.2, -0.15) is 0 Å². The third-order valence-corrected chi connectivity index (χ3v) is 3.96. The fourth-order valence-corrected chi connectivity index (χ4v) is 2.62. The second kappa shape index (κ2) is 27.6. The van der Waals surface area contributed by atoms with E-state index in [1.54, 1.807) is 0 Å². The van der Waals surface area contributed by atoms with Crippen LogP contribution in [0.5, 0.6) is 0 Å². The predicted molar refractivity (Wildman–Crippen MR) is 115 cm³/mol. The number of hydrogen-bond acceptors (Lipinski definition) is 1. The molecular weight excluding hydrogens is 385 g/mol. The summed E-state index contributed by atoms with van der Waals surface area (Å²) in [5, 5.41) is 0. The summed E-state index contributed by atoms with van der Waals surface area (Å²) in [7, 11) is 0. The van der Waals surface area contributed by atoms with Crippen LogP contribution in [0, 0.1) is 0 Å². The Morgan fingerprint density at radius 3 is 0.652 bits per heavy atom. The molecule has 0 aromatic carbocycles. The van der Waals surface area contributed by atoms with Gasteiger partial charge in [0.25, 0.3) is 0 Å². The normalized spacial score (nSPS) is 10.2. The Morgan fingerprint density at radius 2 is 0.522 bits per heavy atom. The molecule has 144 valence electrons. The molecule has 0 unspecified atom stereocenters. The molecule has 0 aliphatic carbocycles. The van der Waals surface area contributed by atoms with Crippen LogP contribution >= 0.6 is 0 Å². The van der Waals surface area contributed by atoms with Gasteiger partial charge >= 0.3 is 34.6 Å². The van der Waals surface area contributed by atoms with Crippen molar-refractivity contribution in [2.45, 2.75) is 131 Å². The first-order chi connectivity index (χ1) is 10.6. The topological polar surface area (TPSA) is 35.0 Å². The van der Waals surface area contributed by atoms with Crippen LogP contribution in [0.4, 0.5) is 0 Å². The maximum atomic E-state index is 2.38. The van der Waals surface area contributed by atoms with Crippen LogP contribution < -0.4 is 6.15 Å². The zero-order valence-corrected chi connectivity index (χ0v) is 20.9. The van der Waals surface area contributed by atoms with Gasteiger partial charge in [-0.05, 0) is 0 Å². The van der Waals surface area contributed by atoms with Crippen molar-refractivity contribution < 1.29 is 0 Å². The molecule has 2 heteroatoms. The molecule has 0 aliphatic heterocycles. The summed E-state index contributed by atoms with van der Waals surface area (Å²) in [4.78, 5) is 7.13. The van der Waals surface area contributed by atoms with E-state index in [9.17, 15) is 0 Å². The van der Waals surface area contributed by atoms with E-state index < -0.39 is 19.8 Å². The van der Waals surface area contributed by atoms with E-state index in [4.69, 9.17) is 0 Å². The van der Waals surface area contributed by atoms with E-state index in [-0.39, 0.29) is 6.15 Å². The first-order valence-electron chi connectivity index (χ1n) is 10.6. The first kappa shape index (κ1) is 28.6. The summed E-state index contributed by atoms with van der Waals surface area (Å²) in [5.74, 6) is 0. The molecule has 3 N–H and O–H groups in total. The summed E-state index contributed by atoms with van der Waals surface area (Å²) in [5.41, 5.74) is 0. The molecule has 0 saturated carbocycles. The maximum absolute atomic E-state index is 2.38. The van der Waals surface area contributed by atoms with Gasteiger partial charge in [0.1, 0.15) is 0 Å². The molecule has 0 saturated heterocycles. The zero-order chi connectivity index (χ0) is 16.9. The van der Waals surface area contributed by atoms with Gasteiger partial charge in [0, 0.05) is 0 Å². The van der Waals surface area contributed by atoms with Crippen molar-refractivity contribution in [3.05, 3.63) is 0 Å². The van der Waals surface area contributed by atoms with Crippen molar-refractivity contribution in [3.8, 4) is 0 Å². The predicted octanol–water partition coefficient (Wildman–Crippen LogP) is 8.53. The van der Waals surface area contributed by atoms with Crippen molar-refractivity contribution in [3.63, 3.8) is 0 Å². The summed E-state index contributed by atoms with van der Waals surface area (Å²) < 4.78 is 0. The Morgan fingerprint density at radius 1 is 0.391 bits per heavy atom. The van der Waals surface area contributed by atoms with Crippen LogP contribution in [-0.2, 0) is 0 Å². The Balaban J connectivity index is -0.000000712. The minimum absolute atomic E-state index is 0. The number of hydrogen-bond donors (Lipinski definition) is 1. The van der Waals surface area contributed by atoms with Gasteiger partial charge in [-0.25, -0.2) is 0 Å². The third-order valence-electron chi connectivity index (χ3n) is 3.96. The number of rotatable bonds is 15. The van der Waals surface area contributed by atoms with Crippen molar-refractivity contribution in [2.75, 3.05) is 0 Å². The molecule has 0 bridgehead atoms. The molecule has 0 spiro atoms. The Bertz CT molecular complexity index is 152. The average Bonchev–Trinajstić information content (AvgIpc) is 2.47. The van der Waals surface area contributed by atoms with Gasteiger partial charge in [0.15, 0.2) is 0 Å². The second-order valence-electron chi connectivity index (χ2n) is 7.68. The summed E-state index contributed by atoms with van der Waals surface area (Å²) in [6.07, 6.45) is 23.4. The molecule has 0 aromatic heterocycles. The minimum atomic E-state index is -0.637. The van der Waals surface area contributed by atoms with E-state index >= 15 is 0 Å². The second-order valence-corrected chi connectivity index (χ2v) is 17.6. The van der Waals surface area contributed by atoms with E-state index in [0.29, 0.717) is 0 Å². The SMILES string of the molecule is CCCCCCCCCCCCCCCCCC.N.[CH3][SnH]([CH3])[CH3]. The Kier molecular flexibility index (Phi) is 34.3. The molecule has 23 heavy (non-hydrogen) atoms. The Labute approximate surface area is 157 Å². The van der Waals surface area contributed by atoms with Gasteiger partial charge in [-0.1, -0.05) is 117 Å². The van der Waals surface area contributed by atoms with Crippen molar-refractivity contribution in [1.29, 1.82) is 0 Å². The standard InChI is InChI=1S/C18H38.3CH3.H3N.Sn.H/c1-3-5-7-9-11-13-15-17-18-16-14-12-10-8-6-4-2;;;;;;/h3-18H2,1-2H3;4*1H3;;. The first-order valence-corrected chi connectivity index (χ1v) is 20.5. The van der Waals surface area contributed by atoms with Crippen LogP contribution in [0.2, 0.25) is 14.8 Å². The van der Waals surface area contributed by atoms with Crippen molar-refractivity contribution in [1.82, 2.24) is 6.15 Å². The molecule has 1 nitrogen and oxygen atoms in total. The fraction of sp³-hybridized carbons (Fsp3) is 1.00. The summed E-state index contributed by atoms with van der Waals surface area (Å²) in [6.45, 7) is 4.59. The Hall–Kier alpha value is 0.759. The van der Waals surface area contributed by atoms with Crippen LogP contribution in [0.15, 0.2) is 0 Å². The van der Waals surface area contributed by atoms with E-state index in [1.807, 2.05) is 0 Å². The molecule has 0 aliphatic rings. The monoisotopic (exact) mass is 437 g/mol. The summed E-state index contributed by atoms with van der Waals surface area (Å²) >= 11 is -0.637. The molecule has 0 amide bonds. The molecule has 0 radical (unpaired) electrons. The van der Waals surface area contributed by atoms with Gasteiger partial charge in [-0.15, -0.1) is 0 Å². The fourth-order valence-electron chi connectivity index (χ4n) is 2.62. The van der Waals surface area contributed by atoms with Crippen LogP contribution in [0.3, 0.4) is 0 Å². The van der Waals surface area contributed by atoms with Crippen LogP contribution in [-0.4, -0.2) is 19.8 Å². The van der Waals surface area contributed by atoms with Gasteiger partial charge in [0.2, 0.25) is 0 Å². The quantitative estimate of drug-likeness (QED) is 0.203. The van der Waals surface area contributed by atoms with E-state index in [2.05, 4.69) is 28.7 Å². The van der Waals surface area contributed by atoms with Gasteiger partial charge < -0.3 is 6.15 Å². The number of unbranched alkanes of at least 4 members (excludes halogenated alkanes) is 15. The average molecular weight is 436 g/mol. The van der Waals surface area contributed by atoms with Crippen LogP contribution in [0.1, 0.15) is 117 Å². The molecule has 0 aromatic rings. The molecule has 0 rings (SSSR count). The third kappa shape index (κ3) is 39.5. The molecule has 0 heterocycles. The van der Waals surface area contributed by atoms with Crippen molar-refractivity contribution >= 4 is 19.8 Å². The van der Waals surface area contributed by atoms with E-state index in [1.165, 1.54) is 103 Å². The van der Waals surface area contributed by atoms with Crippen LogP contribution in [0.25, 0.3) is 0 Å². The molecule has 0 fully saturated rings. The molecular formula is C21H51NSn. The van der Waals surface area contributed by atoms with E-state index in [0.717, 1.165) is 0 Å². The van der Waals surface area contributed by atoms with Gasteiger partial charge in [0.05, 0.1) is 0 Å². The molecule has 0 atom stereocenters.